The van der Waals surface area contributed by atoms with E-state index in [9.17, 15) is 19.7 Å². The summed E-state index contributed by atoms with van der Waals surface area (Å²) in [7, 11) is 1.53. The summed E-state index contributed by atoms with van der Waals surface area (Å²) in [4.78, 5) is 34.5. The van der Waals surface area contributed by atoms with Gasteiger partial charge in [0.15, 0.2) is 0 Å². The SMILES string of the molecule is CN(CC(=O)NC1CC1)c1cc([N+](=O)[O-])ccc1C(=O)O. The molecule has 0 heterocycles. The number of nitrogens with one attached hydrogen (secondary N) is 1. The molecular formula is C13H15N3O5. The van der Waals surface area contributed by atoms with E-state index in [1.165, 1.54) is 18.0 Å². The molecule has 0 atom stereocenters. The van der Waals surface area contributed by atoms with E-state index in [-0.39, 0.29) is 35.4 Å². The van der Waals surface area contributed by atoms with Crippen molar-refractivity contribution in [3.05, 3.63) is 33.9 Å². The van der Waals surface area contributed by atoms with Crippen LogP contribution in [-0.2, 0) is 4.79 Å². The van der Waals surface area contributed by atoms with Crippen LogP contribution in [0.15, 0.2) is 18.2 Å². The summed E-state index contributed by atoms with van der Waals surface area (Å²) in [6.45, 7) is -0.0576. The van der Waals surface area contributed by atoms with Crippen LogP contribution in [0, 0.1) is 10.1 Å². The molecule has 2 rings (SSSR count). The van der Waals surface area contributed by atoms with E-state index in [2.05, 4.69) is 5.32 Å². The van der Waals surface area contributed by atoms with Gasteiger partial charge in [-0.15, -0.1) is 0 Å². The van der Waals surface area contributed by atoms with Gasteiger partial charge in [0.05, 0.1) is 22.7 Å². The van der Waals surface area contributed by atoms with Crippen LogP contribution in [0.5, 0.6) is 0 Å². The number of likely N-dealkylation sites (N-methyl/N-ethyl adjacent to an activating group) is 1. The number of aromatic carboxylic acids is 1. The maximum absolute atomic E-state index is 11.7. The molecule has 112 valence electrons. The summed E-state index contributed by atoms with van der Waals surface area (Å²) in [5.74, 6) is -1.43. The van der Waals surface area contributed by atoms with E-state index in [0.717, 1.165) is 25.0 Å². The molecule has 1 amide bonds. The van der Waals surface area contributed by atoms with Crippen molar-refractivity contribution in [3.63, 3.8) is 0 Å². The number of carbonyl (C=O) groups excluding carboxylic acids is 1. The number of rotatable bonds is 6. The van der Waals surface area contributed by atoms with E-state index in [1.54, 1.807) is 0 Å². The highest BCUT2D eigenvalue weighted by molar-refractivity contribution is 5.96. The summed E-state index contributed by atoms with van der Waals surface area (Å²) in [6, 6.07) is 3.67. The van der Waals surface area contributed by atoms with Gasteiger partial charge in [-0.1, -0.05) is 0 Å². The molecule has 1 saturated carbocycles. The zero-order valence-electron chi connectivity index (χ0n) is 11.4. The summed E-state index contributed by atoms with van der Waals surface area (Å²) >= 11 is 0. The number of nitro benzene ring substituents is 1. The fraction of sp³-hybridized carbons (Fsp3) is 0.385. The Balaban J connectivity index is 2.21. The van der Waals surface area contributed by atoms with Crippen LogP contribution in [0.4, 0.5) is 11.4 Å². The lowest BCUT2D eigenvalue weighted by Crippen LogP contribution is -2.36. The number of hydrogen-bond donors (Lipinski definition) is 2. The molecule has 0 spiro atoms. The van der Waals surface area contributed by atoms with Crippen LogP contribution < -0.4 is 10.2 Å². The first-order valence-corrected chi connectivity index (χ1v) is 6.40. The van der Waals surface area contributed by atoms with Crippen LogP contribution in [0.25, 0.3) is 0 Å². The lowest BCUT2D eigenvalue weighted by molar-refractivity contribution is -0.384. The van der Waals surface area contributed by atoms with Gasteiger partial charge in [0.25, 0.3) is 5.69 Å². The van der Waals surface area contributed by atoms with Gasteiger partial charge in [-0.25, -0.2) is 4.79 Å². The van der Waals surface area contributed by atoms with Crippen LogP contribution in [0.2, 0.25) is 0 Å². The second-order valence-corrected chi connectivity index (χ2v) is 4.96. The minimum Gasteiger partial charge on any atom is -0.478 e. The molecule has 2 N–H and O–H groups in total. The molecule has 1 aromatic rings. The van der Waals surface area contributed by atoms with Gasteiger partial charge in [-0.3, -0.25) is 14.9 Å². The number of nitrogens with zero attached hydrogens (tertiary/aromatic N) is 2. The van der Waals surface area contributed by atoms with Crippen molar-refractivity contribution in [1.82, 2.24) is 5.32 Å². The number of carboxylic acid groups (broad SMARTS) is 1. The van der Waals surface area contributed by atoms with Crippen LogP contribution in [0.3, 0.4) is 0 Å². The third-order valence-electron chi connectivity index (χ3n) is 3.16. The number of carbonyl (C=O) groups is 2. The van der Waals surface area contributed by atoms with Crippen molar-refractivity contribution in [3.8, 4) is 0 Å². The Hall–Kier alpha value is -2.64. The fourth-order valence-electron chi connectivity index (χ4n) is 1.93. The zero-order valence-corrected chi connectivity index (χ0v) is 11.4. The minimum absolute atomic E-state index is 0.0576. The minimum atomic E-state index is -1.20. The standard InChI is InChI=1S/C13H15N3O5/c1-15(7-12(17)14-8-2-3-8)11-6-9(16(20)21)4-5-10(11)13(18)19/h4-6,8H,2-3,7H2,1H3,(H,14,17)(H,18,19). The second kappa shape index (κ2) is 5.78. The van der Waals surface area contributed by atoms with Crippen molar-refractivity contribution in [1.29, 1.82) is 0 Å². The molecule has 21 heavy (non-hydrogen) atoms. The normalized spacial score (nSPS) is 13.6. The Morgan fingerprint density at radius 1 is 1.48 bits per heavy atom. The van der Waals surface area contributed by atoms with E-state index in [1.807, 2.05) is 0 Å². The number of amides is 1. The quantitative estimate of drug-likeness (QED) is 0.597. The van der Waals surface area contributed by atoms with Crippen molar-refractivity contribution in [2.45, 2.75) is 18.9 Å². The highest BCUT2D eigenvalue weighted by atomic mass is 16.6. The van der Waals surface area contributed by atoms with Gasteiger partial charge in [0, 0.05) is 25.2 Å². The van der Waals surface area contributed by atoms with E-state index in [0.29, 0.717) is 0 Å². The molecule has 8 nitrogen and oxygen atoms in total. The third kappa shape index (κ3) is 3.68. The van der Waals surface area contributed by atoms with Crippen molar-refractivity contribution >= 4 is 23.3 Å². The maximum Gasteiger partial charge on any atom is 0.337 e. The van der Waals surface area contributed by atoms with Crippen LogP contribution in [-0.4, -0.2) is 41.5 Å². The number of carboxylic acids is 1. The number of benzene rings is 1. The molecule has 0 unspecified atom stereocenters. The number of nitro groups is 1. The molecule has 0 aliphatic heterocycles. The predicted molar refractivity (Wildman–Crippen MR) is 74.5 cm³/mol. The molecular weight excluding hydrogens is 278 g/mol. The zero-order chi connectivity index (χ0) is 15.6. The largest absolute Gasteiger partial charge is 0.478 e. The molecule has 1 fully saturated rings. The predicted octanol–water partition coefficient (Wildman–Crippen LogP) is 1.01. The number of non-ortho nitro benzene ring substituents is 1. The lowest BCUT2D eigenvalue weighted by atomic mass is 10.1. The highest BCUT2D eigenvalue weighted by Gasteiger charge is 2.25. The molecule has 0 aromatic heterocycles. The van der Waals surface area contributed by atoms with Crippen molar-refractivity contribution in [2.75, 3.05) is 18.5 Å². The molecule has 0 bridgehead atoms. The van der Waals surface area contributed by atoms with Gasteiger partial charge in [0.2, 0.25) is 5.91 Å². The van der Waals surface area contributed by atoms with Gasteiger partial charge >= 0.3 is 5.97 Å². The van der Waals surface area contributed by atoms with Crippen LogP contribution >= 0.6 is 0 Å². The van der Waals surface area contributed by atoms with Crippen molar-refractivity contribution < 1.29 is 19.6 Å². The Bertz CT molecular complexity index is 597. The van der Waals surface area contributed by atoms with E-state index in [4.69, 9.17) is 5.11 Å². The summed E-state index contributed by atoms with van der Waals surface area (Å²) in [5, 5.41) is 22.7. The summed E-state index contributed by atoms with van der Waals surface area (Å²) < 4.78 is 0. The first-order valence-electron chi connectivity index (χ1n) is 6.40. The molecule has 1 aromatic carbocycles. The first-order chi connectivity index (χ1) is 9.88. The molecule has 0 saturated heterocycles. The lowest BCUT2D eigenvalue weighted by Gasteiger charge is -2.20. The Kier molecular flexibility index (Phi) is 4.06. The Morgan fingerprint density at radius 2 is 2.14 bits per heavy atom. The molecule has 8 heteroatoms. The van der Waals surface area contributed by atoms with Gasteiger partial charge in [0.1, 0.15) is 0 Å². The first kappa shape index (κ1) is 14.8. The fourth-order valence-corrected chi connectivity index (χ4v) is 1.93. The molecule has 1 aliphatic carbocycles. The topological polar surface area (TPSA) is 113 Å². The van der Waals surface area contributed by atoms with Gasteiger partial charge in [-0.05, 0) is 18.9 Å². The van der Waals surface area contributed by atoms with Gasteiger partial charge < -0.3 is 15.3 Å². The monoisotopic (exact) mass is 293 g/mol. The van der Waals surface area contributed by atoms with E-state index < -0.39 is 10.9 Å². The van der Waals surface area contributed by atoms with Gasteiger partial charge in [-0.2, -0.15) is 0 Å². The third-order valence-corrected chi connectivity index (χ3v) is 3.16. The average molecular weight is 293 g/mol. The Labute approximate surface area is 120 Å². The second-order valence-electron chi connectivity index (χ2n) is 4.96. The maximum atomic E-state index is 11.7. The Morgan fingerprint density at radius 3 is 2.67 bits per heavy atom. The smallest absolute Gasteiger partial charge is 0.337 e. The number of anilines is 1. The van der Waals surface area contributed by atoms with E-state index >= 15 is 0 Å². The van der Waals surface area contributed by atoms with Crippen LogP contribution in [0.1, 0.15) is 23.2 Å². The highest BCUT2D eigenvalue weighted by Crippen LogP contribution is 2.25. The van der Waals surface area contributed by atoms with Crippen molar-refractivity contribution in [2.24, 2.45) is 0 Å². The number of hydrogen-bond acceptors (Lipinski definition) is 5. The summed E-state index contributed by atoms with van der Waals surface area (Å²) in [6.07, 6.45) is 1.90. The summed E-state index contributed by atoms with van der Waals surface area (Å²) in [5.41, 5.74) is -0.158. The average Bonchev–Trinajstić information content (AvgIpc) is 3.21. The molecule has 0 radical (unpaired) electrons. The molecule has 1 aliphatic rings.